The number of imidazole rings is 1. The molecule has 0 radical (unpaired) electrons. The van der Waals surface area contributed by atoms with E-state index in [0.29, 0.717) is 12.5 Å². The summed E-state index contributed by atoms with van der Waals surface area (Å²) in [5, 5.41) is 11.7. The van der Waals surface area contributed by atoms with Gasteiger partial charge in [-0.25, -0.2) is 4.98 Å². The summed E-state index contributed by atoms with van der Waals surface area (Å²) in [6, 6.07) is 1.55. The minimum Gasteiger partial charge on any atom is -0.354 e. The van der Waals surface area contributed by atoms with Crippen molar-refractivity contribution < 1.29 is 4.79 Å². The van der Waals surface area contributed by atoms with Gasteiger partial charge in [0.2, 0.25) is 11.7 Å². The lowest BCUT2D eigenvalue weighted by Gasteiger charge is -2.14. The van der Waals surface area contributed by atoms with Gasteiger partial charge in [-0.2, -0.15) is 5.26 Å². The molecule has 1 heterocycles. The minimum atomic E-state index is -0.403. The molecule has 92 valence electrons. The lowest BCUT2D eigenvalue weighted by atomic mass is 10.1. The predicted octanol–water partition coefficient (Wildman–Crippen LogP) is 1.48. The van der Waals surface area contributed by atoms with Crippen LogP contribution in [0.1, 0.15) is 39.1 Å². The molecule has 0 spiro atoms. The maximum Gasteiger partial charge on any atom is 0.242 e. The van der Waals surface area contributed by atoms with Crippen LogP contribution in [0.5, 0.6) is 0 Å². The zero-order valence-corrected chi connectivity index (χ0v) is 10.5. The van der Waals surface area contributed by atoms with Gasteiger partial charge in [0.25, 0.3) is 0 Å². The van der Waals surface area contributed by atoms with Crippen LogP contribution in [0.25, 0.3) is 0 Å². The summed E-state index contributed by atoms with van der Waals surface area (Å²) in [6.07, 6.45) is 4.12. The van der Waals surface area contributed by atoms with E-state index >= 15 is 0 Å². The quantitative estimate of drug-likeness (QED) is 0.838. The van der Waals surface area contributed by atoms with Crippen molar-refractivity contribution in [3.63, 3.8) is 0 Å². The Morgan fingerprint density at radius 2 is 2.29 bits per heavy atom. The van der Waals surface area contributed by atoms with Crippen molar-refractivity contribution >= 4 is 5.91 Å². The number of aromatic nitrogens is 2. The van der Waals surface area contributed by atoms with Gasteiger partial charge >= 0.3 is 0 Å². The molecule has 1 unspecified atom stereocenters. The van der Waals surface area contributed by atoms with Crippen molar-refractivity contribution in [3.05, 3.63) is 18.2 Å². The van der Waals surface area contributed by atoms with Gasteiger partial charge in [0.05, 0.1) is 0 Å². The second kappa shape index (κ2) is 6.04. The van der Waals surface area contributed by atoms with Crippen molar-refractivity contribution in [1.29, 1.82) is 5.26 Å². The molecule has 0 saturated heterocycles. The molecule has 0 saturated carbocycles. The molecule has 5 heteroatoms. The Bertz CT molecular complexity index is 416. The van der Waals surface area contributed by atoms with Crippen LogP contribution in [-0.2, 0) is 4.79 Å². The van der Waals surface area contributed by atoms with Gasteiger partial charge in [-0.3, -0.25) is 4.79 Å². The Kier molecular flexibility index (Phi) is 4.70. The molecule has 1 atom stereocenters. The summed E-state index contributed by atoms with van der Waals surface area (Å²) in [5.74, 6) is 0.741. The summed E-state index contributed by atoms with van der Waals surface area (Å²) >= 11 is 0. The molecule has 5 nitrogen and oxygen atoms in total. The highest BCUT2D eigenvalue weighted by Crippen LogP contribution is 2.08. The van der Waals surface area contributed by atoms with E-state index in [-0.39, 0.29) is 11.7 Å². The highest BCUT2D eigenvalue weighted by Gasteiger charge is 2.16. The summed E-state index contributed by atoms with van der Waals surface area (Å²) in [7, 11) is 0. The van der Waals surface area contributed by atoms with E-state index in [1.165, 1.54) is 6.20 Å². The van der Waals surface area contributed by atoms with Crippen molar-refractivity contribution in [3.8, 4) is 6.07 Å². The third-order valence-corrected chi connectivity index (χ3v) is 2.59. The standard InChI is InChI=1S/C12H18N4O/c1-9(2)4-5-15-12(17)10(3)16-7-6-14-11(16)8-13/h6-7,9-10H,4-5H2,1-3H3,(H,15,17). The molecule has 0 aliphatic rings. The lowest BCUT2D eigenvalue weighted by molar-refractivity contribution is -0.123. The molecule has 1 rings (SSSR count). The van der Waals surface area contributed by atoms with Crippen LogP contribution in [0.2, 0.25) is 0 Å². The van der Waals surface area contributed by atoms with E-state index in [0.717, 1.165) is 6.42 Å². The summed E-state index contributed by atoms with van der Waals surface area (Å²) in [6.45, 7) is 6.64. The lowest BCUT2D eigenvalue weighted by Crippen LogP contribution is -2.32. The first-order chi connectivity index (χ1) is 8.06. The van der Waals surface area contributed by atoms with Crippen molar-refractivity contribution in [1.82, 2.24) is 14.9 Å². The summed E-state index contributed by atoms with van der Waals surface area (Å²) < 4.78 is 1.57. The third kappa shape index (κ3) is 3.59. The number of hydrogen-bond acceptors (Lipinski definition) is 3. The fraction of sp³-hybridized carbons (Fsp3) is 0.583. The molecule has 0 aromatic carbocycles. The van der Waals surface area contributed by atoms with Crippen LogP contribution < -0.4 is 5.32 Å². The van der Waals surface area contributed by atoms with Gasteiger partial charge in [0.15, 0.2) is 0 Å². The maximum absolute atomic E-state index is 11.8. The van der Waals surface area contributed by atoms with Gasteiger partial charge in [0, 0.05) is 18.9 Å². The zero-order chi connectivity index (χ0) is 12.8. The molecule has 0 aliphatic heterocycles. The van der Waals surface area contributed by atoms with Crippen LogP contribution in [0.4, 0.5) is 0 Å². The van der Waals surface area contributed by atoms with Crippen LogP contribution in [0.15, 0.2) is 12.4 Å². The Morgan fingerprint density at radius 3 is 2.88 bits per heavy atom. The third-order valence-electron chi connectivity index (χ3n) is 2.59. The van der Waals surface area contributed by atoms with Crippen LogP contribution >= 0.6 is 0 Å². The largest absolute Gasteiger partial charge is 0.354 e. The number of nitrogens with zero attached hydrogens (tertiary/aromatic N) is 3. The van der Waals surface area contributed by atoms with Gasteiger partial charge in [-0.05, 0) is 19.3 Å². The molecule has 0 fully saturated rings. The van der Waals surface area contributed by atoms with E-state index in [1.54, 1.807) is 17.7 Å². The highest BCUT2D eigenvalue weighted by atomic mass is 16.2. The molecule has 1 N–H and O–H groups in total. The first-order valence-corrected chi connectivity index (χ1v) is 5.77. The number of carbonyl (C=O) groups excluding carboxylic acids is 1. The average Bonchev–Trinajstić information content (AvgIpc) is 2.75. The number of nitriles is 1. The van der Waals surface area contributed by atoms with Crippen LogP contribution in [0, 0.1) is 17.2 Å². The van der Waals surface area contributed by atoms with E-state index in [9.17, 15) is 4.79 Å². The molecule has 0 aliphatic carbocycles. The number of carbonyl (C=O) groups is 1. The monoisotopic (exact) mass is 234 g/mol. The van der Waals surface area contributed by atoms with Crippen molar-refractivity contribution in [2.24, 2.45) is 5.92 Å². The number of nitrogens with one attached hydrogen (secondary N) is 1. The SMILES string of the molecule is CC(C)CCNC(=O)C(C)n1ccnc1C#N. The normalized spacial score (nSPS) is 12.2. The fourth-order valence-electron chi connectivity index (χ4n) is 1.47. The summed E-state index contributed by atoms with van der Waals surface area (Å²) in [4.78, 5) is 15.7. The van der Waals surface area contributed by atoms with Gasteiger partial charge in [-0.15, -0.1) is 0 Å². The molecular weight excluding hydrogens is 216 g/mol. The van der Waals surface area contributed by atoms with Crippen molar-refractivity contribution in [2.45, 2.75) is 33.2 Å². The van der Waals surface area contributed by atoms with Gasteiger partial charge < -0.3 is 9.88 Å². The Hall–Kier alpha value is -1.83. The minimum absolute atomic E-state index is 0.0832. The fourth-order valence-corrected chi connectivity index (χ4v) is 1.47. The second-order valence-electron chi connectivity index (χ2n) is 4.42. The highest BCUT2D eigenvalue weighted by molar-refractivity contribution is 5.80. The predicted molar refractivity (Wildman–Crippen MR) is 64.1 cm³/mol. The second-order valence-corrected chi connectivity index (χ2v) is 4.42. The topological polar surface area (TPSA) is 70.7 Å². The molecule has 17 heavy (non-hydrogen) atoms. The zero-order valence-electron chi connectivity index (χ0n) is 10.5. The van der Waals surface area contributed by atoms with Gasteiger partial charge in [-0.1, -0.05) is 13.8 Å². The molecular formula is C12H18N4O. The number of rotatable bonds is 5. The number of hydrogen-bond donors (Lipinski definition) is 1. The Labute approximate surface area is 101 Å². The maximum atomic E-state index is 11.8. The summed E-state index contributed by atoms with van der Waals surface area (Å²) in [5.41, 5.74) is 0. The molecule has 1 aromatic heterocycles. The smallest absolute Gasteiger partial charge is 0.242 e. The van der Waals surface area contributed by atoms with Crippen LogP contribution in [0.3, 0.4) is 0 Å². The average molecular weight is 234 g/mol. The van der Waals surface area contributed by atoms with E-state index in [1.807, 2.05) is 6.07 Å². The van der Waals surface area contributed by atoms with E-state index in [4.69, 9.17) is 5.26 Å². The number of amides is 1. The Balaban J connectivity index is 2.56. The Morgan fingerprint density at radius 1 is 1.59 bits per heavy atom. The van der Waals surface area contributed by atoms with E-state index < -0.39 is 6.04 Å². The molecule has 1 amide bonds. The first-order valence-electron chi connectivity index (χ1n) is 5.77. The first kappa shape index (κ1) is 13.2. The molecule has 1 aromatic rings. The van der Waals surface area contributed by atoms with Crippen LogP contribution in [-0.4, -0.2) is 22.0 Å². The van der Waals surface area contributed by atoms with E-state index in [2.05, 4.69) is 24.1 Å². The van der Waals surface area contributed by atoms with Gasteiger partial charge in [0.1, 0.15) is 12.1 Å². The molecule has 0 bridgehead atoms. The van der Waals surface area contributed by atoms with Crippen molar-refractivity contribution in [2.75, 3.05) is 6.54 Å².